The van der Waals surface area contributed by atoms with Gasteiger partial charge in [0, 0.05) is 11.8 Å². The molecule has 0 saturated heterocycles. The number of nitriles is 1. The fraction of sp³-hybridized carbons (Fsp3) is 0. The standard InChI is InChI=1S/C11H10N6/c12-6-14-7-16-9-3-1-8(2-4-9)10-5-15-11(13)17-10/h1-5,7H,(H,14,16)(H3,13,15,17). The van der Waals surface area contributed by atoms with Gasteiger partial charge in [0.25, 0.3) is 0 Å². The Morgan fingerprint density at radius 1 is 1.41 bits per heavy atom. The van der Waals surface area contributed by atoms with E-state index in [0.717, 1.165) is 16.9 Å². The average molecular weight is 226 g/mol. The first-order valence-corrected chi connectivity index (χ1v) is 4.88. The molecule has 0 spiro atoms. The van der Waals surface area contributed by atoms with Crippen molar-refractivity contribution >= 4 is 18.0 Å². The number of benzene rings is 1. The van der Waals surface area contributed by atoms with E-state index >= 15 is 0 Å². The van der Waals surface area contributed by atoms with Crippen molar-refractivity contribution in [1.82, 2.24) is 15.3 Å². The smallest absolute Gasteiger partial charge is 0.198 e. The minimum absolute atomic E-state index is 0.389. The van der Waals surface area contributed by atoms with Gasteiger partial charge in [-0.15, -0.1) is 0 Å². The summed E-state index contributed by atoms with van der Waals surface area (Å²) in [4.78, 5) is 11.0. The second-order valence-electron chi connectivity index (χ2n) is 3.23. The molecule has 0 aliphatic carbocycles. The van der Waals surface area contributed by atoms with Crippen molar-refractivity contribution in [3.05, 3.63) is 30.5 Å². The predicted octanol–water partition coefficient (Wildman–Crippen LogP) is 1.39. The topological polar surface area (TPSA) is 103 Å². The predicted molar refractivity (Wildman–Crippen MR) is 65.3 cm³/mol. The number of aromatic amines is 1. The molecule has 0 aliphatic rings. The van der Waals surface area contributed by atoms with Gasteiger partial charge in [-0.1, -0.05) is 12.1 Å². The van der Waals surface area contributed by atoms with E-state index in [1.807, 2.05) is 24.3 Å². The van der Waals surface area contributed by atoms with E-state index in [9.17, 15) is 0 Å². The number of rotatable bonds is 3. The molecule has 0 atom stereocenters. The Hall–Kier alpha value is -2.81. The van der Waals surface area contributed by atoms with E-state index in [2.05, 4.69) is 20.3 Å². The maximum absolute atomic E-state index is 8.26. The minimum Gasteiger partial charge on any atom is -0.369 e. The van der Waals surface area contributed by atoms with Gasteiger partial charge in [0.2, 0.25) is 0 Å². The monoisotopic (exact) mass is 226 g/mol. The first-order chi connectivity index (χ1) is 8.29. The summed E-state index contributed by atoms with van der Waals surface area (Å²) in [5.74, 6) is 0.389. The van der Waals surface area contributed by atoms with E-state index in [-0.39, 0.29) is 0 Å². The van der Waals surface area contributed by atoms with Crippen LogP contribution in [0.2, 0.25) is 0 Å². The molecule has 0 bridgehead atoms. The molecule has 17 heavy (non-hydrogen) atoms. The molecule has 0 fully saturated rings. The third-order valence-corrected chi connectivity index (χ3v) is 2.10. The van der Waals surface area contributed by atoms with Crippen molar-refractivity contribution in [2.75, 3.05) is 5.73 Å². The Kier molecular flexibility index (Phi) is 3.03. The van der Waals surface area contributed by atoms with E-state index in [4.69, 9.17) is 11.0 Å². The molecule has 84 valence electrons. The van der Waals surface area contributed by atoms with Crippen molar-refractivity contribution < 1.29 is 0 Å². The molecule has 6 nitrogen and oxygen atoms in total. The number of hydrogen-bond acceptors (Lipinski definition) is 4. The third-order valence-electron chi connectivity index (χ3n) is 2.10. The third kappa shape index (κ3) is 2.60. The Morgan fingerprint density at radius 3 is 2.76 bits per heavy atom. The van der Waals surface area contributed by atoms with Gasteiger partial charge < -0.3 is 10.7 Å². The summed E-state index contributed by atoms with van der Waals surface area (Å²) in [7, 11) is 0. The van der Waals surface area contributed by atoms with Crippen LogP contribution in [-0.4, -0.2) is 16.3 Å². The van der Waals surface area contributed by atoms with Gasteiger partial charge in [-0.2, -0.15) is 5.26 Å². The lowest BCUT2D eigenvalue weighted by atomic mass is 10.1. The Bertz CT molecular complexity index is 560. The summed E-state index contributed by atoms with van der Waals surface area (Å²) in [6.07, 6.45) is 4.83. The summed E-state index contributed by atoms with van der Waals surface area (Å²) in [5.41, 5.74) is 7.98. The summed E-state index contributed by atoms with van der Waals surface area (Å²) in [5, 5.41) is 10.6. The normalized spacial score (nSPS) is 10.3. The van der Waals surface area contributed by atoms with Gasteiger partial charge in [0.05, 0.1) is 11.4 Å². The average Bonchev–Trinajstić information content (AvgIpc) is 2.77. The molecule has 0 aliphatic heterocycles. The number of nitrogens with zero attached hydrogens (tertiary/aromatic N) is 3. The highest BCUT2D eigenvalue weighted by Gasteiger charge is 2.01. The van der Waals surface area contributed by atoms with Crippen LogP contribution < -0.4 is 11.1 Å². The molecule has 6 heteroatoms. The molecular formula is C11H10N6. The number of nitrogens with two attached hydrogens (primary N) is 1. The molecular weight excluding hydrogens is 216 g/mol. The molecule has 4 N–H and O–H groups in total. The first kappa shape index (κ1) is 10.7. The van der Waals surface area contributed by atoms with E-state index < -0.39 is 0 Å². The van der Waals surface area contributed by atoms with Crippen LogP contribution in [0.5, 0.6) is 0 Å². The molecule has 2 rings (SSSR count). The van der Waals surface area contributed by atoms with E-state index in [0.29, 0.717) is 5.95 Å². The number of nitrogens with one attached hydrogen (secondary N) is 2. The SMILES string of the molecule is N#CN/C=N/c1ccc(-c2c[nH]c(N)n2)cc1. The summed E-state index contributed by atoms with van der Waals surface area (Å²) in [6.45, 7) is 0. The summed E-state index contributed by atoms with van der Waals surface area (Å²) < 4.78 is 0. The highest BCUT2D eigenvalue weighted by atomic mass is 15.0. The lowest BCUT2D eigenvalue weighted by Gasteiger charge is -1.97. The zero-order valence-electron chi connectivity index (χ0n) is 8.88. The Labute approximate surface area is 97.8 Å². The van der Waals surface area contributed by atoms with Crippen molar-refractivity contribution in [3.8, 4) is 17.5 Å². The fourth-order valence-electron chi connectivity index (χ4n) is 1.34. The second kappa shape index (κ2) is 4.81. The zero-order valence-corrected chi connectivity index (χ0v) is 8.88. The van der Waals surface area contributed by atoms with Crippen molar-refractivity contribution in [3.63, 3.8) is 0 Å². The van der Waals surface area contributed by atoms with E-state index in [1.54, 1.807) is 12.4 Å². The second-order valence-corrected chi connectivity index (χ2v) is 3.23. The minimum atomic E-state index is 0.389. The van der Waals surface area contributed by atoms with Crippen LogP contribution >= 0.6 is 0 Å². The van der Waals surface area contributed by atoms with Gasteiger partial charge in [-0.05, 0) is 12.1 Å². The number of hydrogen-bond donors (Lipinski definition) is 3. The Morgan fingerprint density at radius 2 is 2.18 bits per heavy atom. The maximum Gasteiger partial charge on any atom is 0.198 e. The highest BCUT2D eigenvalue weighted by Crippen LogP contribution is 2.21. The lowest BCUT2D eigenvalue weighted by molar-refractivity contribution is 1.29. The van der Waals surface area contributed by atoms with E-state index in [1.165, 1.54) is 6.34 Å². The van der Waals surface area contributed by atoms with Crippen molar-refractivity contribution in [2.45, 2.75) is 0 Å². The number of imidazole rings is 1. The molecule has 0 amide bonds. The lowest BCUT2D eigenvalue weighted by Crippen LogP contribution is -1.98. The van der Waals surface area contributed by atoms with Gasteiger partial charge >= 0.3 is 0 Å². The zero-order chi connectivity index (χ0) is 12.1. The number of H-pyrrole nitrogens is 1. The van der Waals surface area contributed by atoms with Crippen LogP contribution in [0, 0.1) is 11.5 Å². The molecule has 1 aromatic carbocycles. The summed E-state index contributed by atoms with van der Waals surface area (Å²) >= 11 is 0. The fourth-order valence-corrected chi connectivity index (χ4v) is 1.34. The van der Waals surface area contributed by atoms with Gasteiger partial charge in [0.1, 0.15) is 6.34 Å². The van der Waals surface area contributed by atoms with Crippen LogP contribution in [0.3, 0.4) is 0 Å². The molecule has 0 radical (unpaired) electrons. The van der Waals surface area contributed by atoms with Crippen LogP contribution in [0.15, 0.2) is 35.5 Å². The maximum atomic E-state index is 8.26. The van der Waals surface area contributed by atoms with Crippen molar-refractivity contribution in [1.29, 1.82) is 5.26 Å². The number of aromatic nitrogens is 2. The highest BCUT2D eigenvalue weighted by molar-refractivity contribution is 5.66. The molecule has 0 unspecified atom stereocenters. The molecule has 0 saturated carbocycles. The van der Waals surface area contributed by atoms with Crippen LogP contribution in [0.4, 0.5) is 11.6 Å². The molecule has 1 aromatic heterocycles. The molecule has 1 heterocycles. The largest absolute Gasteiger partial charge is 0.369 e. The van der Waals surface area contributed by atoms with Gasteiger partial charge in [-0.3, -0.25) is 5.32 Å². The molecule has 2 aromatic rings. The van der Waals surface area contributed by atoms with Crippen molar-refractivity contribution in [2.24, 2.45) is 4.99 Å². The summed E-state index contributed by atoms with van der Waals surface area (Å²) in [6, 6.07) is 7.43. The van der Waals surface area contributed by atoms with Gasteiger partial charge in [-0.25, -0.2) is 9.98 Å². The number of nitrogen functional groups attached to an aromatic ring is 1. The Balaban J connectivity index is 2.16. The quantitative estimate of drug-likeness (QED) is 0.318. The van der Waals surface area contributed by atoms with Crippen LogP contribution in [-0.2, 0) is 0 Å². The van der Waals surface area contributed by atoms with Crippen LogP contribution in [0.1, 0.15) is 0 Å². The van der Waals surface area contributed by atoms with Gasteiger partial charge in [0.15, 0.2) is 12.1 Å². The number of anilines is 1. The first-order valence-electron chi connectivity index (χ1n) is 4.88. The van der Waals surface area contributed by atoms with Crippen LogP contribution in [0.25, 0.3) is 11.3 Å². The number of aliphatic imine (C=N–C) groups is 1.